The third kappa shape index (κ3) is 3.66. The fraction of sp³-hybridized carbons (Fsp3) is 0.308. The van der Waals surface area contributed by atoms with Crippen LogP contribution in [0, 0.1) is 5.82 Å². The molecule has 0 aromatic heterocycles. The van der Waals surface area contributed by atoms with Crippen molar-refractivity contribution in [2.24, 2.45) is 0 Å². The normalized spacial score (nSPS) is 10.1. The van der Waals surface area contributed by atoms with Gasteiger partial charge in [-0.05, 0) is 40.5 Å². The van der Waals surface area contributed by atoms with E-state index in [2.05, 4.69) is 22.5 Å². The van der Waals surface area contributed by atoms with Crippen LogP contribution in [0.15, 0.2) is 35.3 Å². The SMILES string of the molecule is C=CCN(CCC)C(=O)c1cc(F)ccc1Br. The van der Waals surface area contributed by atoms with E-state index in [1.807, 2.05) is 6.92 Å². The van der Waals surface area contributed by atoms with Gasteiger partial charge >= 0.3 is 0 Å². The molecule has 0 N–H and O–H groups in total. The van der Waals surface area contributed by atoms with Crippen molar-refractivity contribution in [1.29, 1.82) is 0 Å². The summed E-state index contributed by atoms with van der Waals surface area (Å²) in [6, 6.07) is 4.11. The zero-order valence-electron chi connectivity index (χ0n) is 9.75. The number of benzene rings is 1. The Bertz CT molecular complexity index is 420. The maximum atomic E-state index is 13.1. The summed E-state index contributed by atoms with van der Waals surface area (Å²) >= 11 is 3.26. The van der Waals surface area contributed by atoms with Crippen molar-refractivity contribution in [2.75, 3.05) is 13.1 Å². The molecule has 0 unspecified atom stereocenters. The highest BCUT2D eigenvalue weighted by atomic mass is 79.9. The molecule has 0 saturated carbocycles. The molecule has 0 bridgehead atoms. The maximum absolute atomic E-state index is 13.1. The molecule has 17 heavy (non-hydrogen) atoms. The van der Waals surface area contributed by atoms with Crippen LogP contribution in [0.5, 0.6) is 0 Å². The highest BCUT2D eigenvalue weighted by Gasteiger charge is 2.17. The summed E-state index contributed by atoms with van der Waals surface area (Å²) in [6.07, 6.45) is 2.52. The number of amides is 1. The molecular formula is C13H15BrFNO. The Morgan fingerprint density at radius 2 is 2.29 bits per heavy atom. The van der Waals surface area contributed by atoms with Crippen molar-refractivity contribution in [2.45, 2.75) is 13.3 Å². The Kier molecular flexibility index (Phi) is 5.35. The summed E-state index contributed by atoms with van der Waals surface area (Å²) in [4.78, 5) is 13.8. The smallest absolute Gasteiger partial charge is 0.255 e. The fourth-order valence-electron chi connectivity index (χ4n) is 1.53. The summed E-state index contributed by atoms with van der Waals surface area (Å²) in [5.41, 5.74) is 0.348. The first-order chi connectivity index (χ1) is 8.10. The van der Waals surface area contributed by atoms with E-state index in [0.717, 1.165) is 6.42 Å². The first-order valence-corrected chi connectivity index (χ1v) is 6.24. The highest BCUT2D eigenvalue weighted by molar-refractivity contribution is 9.10. The number of hydrogen-bond donors (Lipinski definition) is 0. The zero-order chi connectivity index (χ0) is 12.8. The van der Waals surface area contributed by atoms with Crippen LogP contribution in [0.3, 0.4) is 0 Å². The Hall–Kier alpha value is -1.16. The van der Waals surface area contributed by atoms with Gasteiger partial charge in [0.25, 0.3) is 5.91 Å². The lowest BCUT2D eigenvalue weighted by molar-refractivity contribution is 0.0772. The van der Waals surface area contributed by atoms with E-state index >= 15 is 0 Å². The van der Waals surface area contributed by atoms with Crippen molar-refractivity contribution in [3.05, 3.63) is 46.7 Å². The van der Waals surface area contributed by atoms with E-state index in [1.165, 1.54) is 12.1 Å². The second-order valence-corrected chi connectivity index (χ2v) is 4.52. The third-order valence-electron chi connectivity index (χ3n) is 2.29. The molecule has 0 fully saturated rings. The van der Waals surface area contributed by atoms with Crippen molar-refractivity contribution in [3.63, 3.8) is 0 Å². The van der Waals surface area contributed by atoms with Gasteiger partial charge in [-0.2, -0.15) is 0 Å². The molecule has 0 atom stereocenters. The molecule has 0 spiro atoms. The topological polar surface area (TPSA) is 20.3 Å². The summed E-state index contributed by atoms with van der Waals surface area (Å²) in [6.45, 7) is 6.71. The van der Waals surface area contributed by atoms with Crippen LogP contribution in [-0.2, 0) is 0 Å². The second-order valence-electron chi connectivity index (χ2n) is 3.66. The van der Waals surface area contributed by atoms with Crippen LogP contribution in [0.4, 0.5) is 4.39 Å². The Morgan fingerprint density at radius 3 is 2.88 bits per heavy atom. The summed E-state index contributed by atoms with van der Waals surface area (Å²) in [5.74, 6) is -0.593. The van der Waals surface area contributed by atoms with Gasteiger partial charge in [-0.3, -0.25) is 4.79 Å². The molecule has 0 heterocycles. The second kappa shape index (κ2) is 6.55. The monoisotopic (exact) mass is 299 g/mol. The minimum absolute atomic E-state index is 0.182. The van der Waals surface area contributed by atoms with Gasteiger partial charge in [-0.1, -0.05) is 13.0 Å². The predicted octanol–water partition coefficient (Wildman–Crippen LogP) is 3.63. The minimum Gasteiger partial charge on any atom is -0.335 e. The number of carbonyl (C=O) groups is 1. The lowest BCUT2D eigenvalue weighted by atomic mass is 10.2. The van der Waals surface area contributed by atoms with Gasteiger partial charge in [-0.25, -0.2) is 4.39 Å². The molecule has 1 aromatic rings. The number of halogens is 2. The predicted molar refractivity (Wildman–Crippen MR) is 70.5 cm³/mol. The summed E-state index contributed by atoms with van der Waals surface area (Å²) in [5, 5.41) is 0. The van der Waals surface area contributed by atoms with E-state index in [1.54, 1.807) is 17.0 Å². The first-order valence-electron chi connectivity index (χ1n) is 5.45. The maximum Gasteiger partial charge on any atom is 0.255 e. The largest absolute Gasteiger partial charge is 0.335 e. The Labute approximate surface area is 109 Å². The van der Waals surface area contributed by atoms with E-state index in [4.69, 9.17) is 0 Å². The molecule has 92 valence electrons. The van der Waals surface area contributed by atoms with Crippen molar-refractivity contribution in [1.82, 2.24) is 4.90 Å². The zero-order valence-corrected chi connectivity index (χ0v) is 11.3. The van der Waals surface area contributed by atoms with Crippen LogP contribution in [-0.4, -0.2) is 23.9 Å². The fourth-order valence-corrected chi connectivity index (χ4v) is 1.95. The lowest BCUT2D eigenvalue weighted by Crippen LogP contribution is -2.32. The standard InChI is InChI=1S/C13H15BrFNO/c1-3-7-16(8-4-2)13(17)11-9-10(15)5-6-12(11)14/h3,5-6,9H,1,4,7-8H2,2H3. The molecule has 0 saturated heterocycles. The number of nitrogens with zero attached hydrogens (tertiary/aromatic N) is 1. The third-order valence-corrected chi connectivity index (χ3v) is 2.98. The number of rotatable bonds is 5. The number of carbonyl (C=O) groups excluding carboxylic acids is 1. The average Bonchev–Trinajstić information content (AvgIpc) is 2.31. The van der Waals surface area contributed by atoms with Crippen molar-refractivity contribution >= 4 is 21.8 Å². The Morgan fingerprint density at radius 1 is 1.59 bits per heavy atom. The van der Waals surface area contributed by atoms with Gasteiger partial charge in [0, 0.05) is 17.6 Å². The molecule has 0 radical (unpaired) electrons. The summed E-state index contributed by atoms with van der Waals surface area (Å²) < 4.78 is 13.7. The summed E-state index contributed by atoms with van der Waals surface area (Å²) in [7, 11) is 0. The van der Waals surface area contributed by atoms with Gasteiger partial charge < -0.3 is 4.90 Å². The van der Waals surface area contributed by atoms with Crippen molar-refractivity contribution < 1.29 is 9.18 Å². The van der Waals surface area contributed by atoms with Gasteiger partial charge in [0.2, 0.25) is 0 Å². The first kappa shape index (κ1) is 13.9. The molecule has 1 amide bonds. The van der Waals surface area contributed by atoms with Gasteiger partial charge in [0.1, 0.15) is 5.82 Å². The van der Waals surface area contributed by atoms with Crippen LogP contribution in [0.25, 0.3) is 0 Å². The molecule has 0 aliphatic heterocycles. The molecule has 1 rings (SSSR count). The molecule has 0 aliphatic carbocycles. The van der Waals surface area contributed by atoms with E-state index < -0.39 is 5.82 Å². The minimum atomic E-state index is -0.411. The van der Waals surface area contributed by atoms with Gasteiger partial charge in [-0.15, -0.1) is 6.58 Å². The number of hydrogen-bond acceptors (Lipinski definition) is 1. The molecule has 2 nitrogen and oxygen atoms in total. The van der Waals surface area contributed by atoms with Gasteiger partial charge in [0.05, 0.1) is 5.56 Å². The van der Waals surface area contributed by atoms with E-state index in [9.17, 15) is 9.18 Å². The van der Waals surface area contributed by atoms with Crippen LogP contribution < -0.4 is 0 Å². The van der Waals surface area contributed by atoms with Crippen LogP contribution in [0.1, 0.15) is 23.7 Å². The van der Waals surface area contributed by atoms with Crippen LogP contribution >= 0.6 is 15.9 Å². The lowest BCUT2D eigenvalue weighted by Gasteiger charge is -2.21. The highest BCUT2D eigenvalue weighted by Crippen LogP contribution is 2.19. The average molecular weight is 300 g/mol. The van der Waals surface area contributed by atoms with Gasteiger partial charge in [0.15, 0.2) is 0 Å². The molecule has 0 aliphatic rings. The van der Waals surface area contributed by atoms with Crippen molar-refractivity contribution in [3.8, 4) is 0 Å². The molecule has 1 aromatic carbocycles. The van der Waals surface area contributed by atoms with Crippen LogP contribution in [0.2, 0.25) is 0 Å². The van der Waals surface area contributed by atoms with E-state index in [0.29, 0.717) is 23.1 Å². The van der Waals surface area contributed by atoms with E-state index in [-0.39, 0.29) is 5.91 Å². The Balaban J connectivity index is 2.99. The molecular weight excluding hydrogens is 285 g/mol. The molecule has 4 heteroatoms. The quantitative estimate of drug-likeness (QED) is 0.760.